The Morgan fingerprint density at radius 1 is 0.882 bits per heavy atom. The summed E-state index contributed by atoms with van der Waals surface area (Å²) in [6, 6.07) is 17.3. The number of hydrogen-bond donors (Lipinski definition) is 1. The van der Waals surface area contributed by atoms with E-state index >= 15 is 0 Å². The second-order valence-electron chi connectivity index (χ2n) is 7.86. The van der Waals surface area contributed by atoms with Crippen molar-refractivity contribution in [3.05, 3.63) is 80.8 Å². The van der Waals surface area contributed by atoms with Gasteiger partial charge in [0, 0.05) is 40.9 Å². The minimum absolute atomic E-state index is 0.321. The van der Waals surface area contributed by atoms with Crippen LogP contribution in [0.25, 0.3) is 0 Å². The largest absolute Gasteiger partial charge is 0.490 e. The minimum atomic E-state index is 0.321. The first-order chi connectivity index (χ1) is 16.5. The number of benzene rings is 3. The van der Waals surface area contributed by atoms with Crippen molar-refractivity contribution in [1.29, 1.82) is 0 Å². The molecule has 1 aliphatic rings. The van der Waals surface area contributed by atoms with Crippen LogP contribution in [0.5, 0.6) is 11.5 Å². The van der Waals surface area contributed by atoms with Crippen LogP contribution in [-0.2, 0) is 17.9 Å². The fourth-order valence-corrected chi connectivity index (χ4v) is 4.49. The molecule has 5 nitrogen and oxygen atoms in total. The van der Waals surface area contributed by atoms with E-state index < -0.39 is 0 Å². The molecule has 0 bridgehead atoms. The monoisotopic (exact) mass is 520 g/mol. The average molecular weight is 522 g/mol. The Balaban J connectivity index is 1.40. The Morgan fingerprint density at radius 2 is 1.71 bits per heavy atom. The predicted molar refractivity (Wildman–Crippen MR) is 140 cm³/mol. The first-order valence-corrected chi connectivity index (χ1v) is 12.4. The Hall–Kier alpha value is -2.31. The highest BCUT2D eigenvalue weighted by Gasteiger charge is 2.14. The fourth-order valence-electron chi connectivity index (χ4n) is 3.73. The van der Waals surface area contributed by atoms with E-state index in [4.69, 9.17) is 49.0 Å². The van der Waals surface area contributed by atoms with Gasteiger partial charge in [0.05, 0.1) is 30.5 Å². The molecule has 0 aromatic heterocycles. The summed E-state index contributed by atoms with van der Waals surface area (Å²) in [5.74, 6) is 1.35. The highest BCUT2D eigenvalue weighted by atomic mass is 35.5. The molecule has 0 atom stereocenters. The zero-order valence-corrected chi connectivity index (χ0v) is 21.2. The van der Waals surface area contributed by atoms with E-state index in [1.165, 1.54) is 0 Å². The van der Waals surface area contributed by atoms with Crippen LogP contribution in [0.4, 0.5) is 11.4 Å². The summed E-state index contributed by atoms with van der Waals surface area (Å²) in [5, 5.41) is 5.33. The maximum absolute atomic E-state index is 6.56. The molecule has 0 spiro atoms. The normalized spacial score (nSPS) is 13.6. The number of ether oxygens (including phenoxy) is 3. The molecule has 4 rings (SSSR count). The lowest BCUT2D eigenvalue weighted by atomic mass is 10.2. The van der Waals surface area contributed by atoms with Crippen LogP contribution < -0.4 is 19.7 Å². The molecule has 3 aromatic rings. The van der Waals surface area contributed by atoms with Gasteiger partial charge in [0.15, 0.2) is 11.5 Å². The van der Waals surface area contributed by atoms with Crippen molar-refractivity contribution < 1.29 is 14.2 Å². The Labute approximate surface area is 215 Å². The van der Waals surface area contributed by atoms with Gasteiger partial charge in [0.2, 0.25) is 0 Å². The first kappa shape index (κ1) is 24.8. The lowest BCUT2D eigenvalue weighted by Gasteiger charge is -2.29. The summed E-state index contributed by atoms with van der Waals surface area (Å²) >= 11 is 18.8. The summed E-state index contributed by atoms with van der Waals surface area (Å²) in [6.07, 6.45) is 0. The number of hydrogen-bond acceptors (Lipinski definition) is 5. The van der Waals surface area contributed by atoms with Gasteiger partial charge in [-0.15, -0.1) is 0 Å². The van der Waals surface area contributed by atoms with Crippen molar-refractivity contribution in [3.8, 4) is 11.5 Å². The molecule has 1 heterocycles. The maximum atomic E-state index is 6.56. The van der Waals surface area contributed by atoms with Crippen LogP contribution in [0.1, 0.15) is 18.1 Å². The van der Waals surface area contributed by atoms with Gasteiger partial charge in [-0.3, -0.25) is 0 Å². The third kappa shape index (κ3) is 6.42. The zero-order chi connectivity index (χ0) is 23.9. The number of morpholine rings is 1. The van der Waals surface area contributed by atoms with Gasteiger partial charge in [-0.05, 0) is 55.0 Å². The smallest absolute Gasteiger partial charge is 0.161 e. The van der Waals surface area contributed by atoms with Crippen molar-refractivity contribution in [2.75, 3.05) is 43.1 Å². The van der Waals surface area contributed by atoms with E-state index in [9.17, 15) is 0 Å². The second-order valence-corrected chi connectivity index (χ2v) is 9.11. The number of nitrogens with one attached hydrogen (secondary N) is 1. The van der Waals surface area contributed by atoms with Crippen molar-refractivity contribution in [1.82, 2.24) is 0 Å². The third-order valence-corrected chi connectivity index (χ3v) is 6.39. The Bertz CT molecular complexity index is 1120. The number of halogens is 3. The van der Waals surface area contributed by atoms with Crippen molar-refractivity contribution in [3.63, 3.8) is 0 Å². The number of nitrogens with zero attached hydrogens (tertiary/aromatic N) is 1. The van der Waals surface area contributed by atoms with Crippen LogP contribution in [0.15, 0.2) is 54.6 Å². The van der Waals surface area contributed by atoms with Crippen LogP contribution in [0.3, 0.4) is 0 Å². The van der Waals surface area contributed by atoms with Gasteiger partial charge >= 0.3 is 0 Å². The topological polar surface area (TPSA) is 43.0 Å². The van der Waals surface area contributed by atoms with E-state index in [-0.39, 0.29) is 0 Å². The van der Waals surface area contributed by atoms with Gasteiger partial charge < -0.3 is 24.4 Å². The standard InChI is InChI=1S/C26H27Cl3N2O3/c1-2-33-26-13-18(3-8-25(26)34-17-19-4-5-20(27)14-22(19)28)16-30-21-6-7-24(23(29)15-21)31-9-11-32-12-10-31/h3-8,13-15,30H,2,9-12,16-17H2,1H3. The zero-order valence-electron chi connectivity index (χ0n) is 19.0. The molecule has 1 fully saturated rings. The molecule has 34 heavy (non-hydrogen) atoms. The van der Waals surface area contributed by atoms with Gasteiger partial charge in [-0.1, -0.05) is 46.9 Å². The van der Waals surface area contributed by atoms with E-state index in [1.54, 1.807) is 12.1 Å². The summed E-state index contributed by atoms with van der Waals surface area (Å²) < 4.78 is 17.3. The van der Waals surface area contributed by atoms with E-state index in [1.807, 2.05) is 43.3 Å². The molecule has 180 valence electrons. The molecule has 8 heteroatoms. The third-order valence-electron chi connectivity index (χ3n) is 5.50. The van der Waals surface area contributed by atoms with E-state index in [0.29, 0.717) is 41.3 Å². The molecular formula is C26H27Cl3N2O3. The lowest BCUT2D eigenvalue weighted by Crippen LogP contribution is -2.36. The molecule has 0 aliphatic carbocycles. The van der Waals surface area contributed by atoms with Crippen molar-refractivity contribution in [2.45, 2.75) is 20.1 Å². The maximum Gasteiger partial charge on any atom is 0.161 e. The van der Waals surface area contributed by atoms with Gasteiger partial charge in [0.25, 0.3) is 0 Å². The summed E-state index contributed by atoms with van der Waals surface area (Å²) in [6.45, 7) is 6.58. The summed E-state index contributed by atoms with van der Waals surface area (Å²) in [4.78, 5) is 2.25. The van der Waals surface area contributed by atoms with Gasteiger partial charge in [-0.2, -0.15) is 0 Å². The van der Waals surface area contributed by atoms with Crippen LogP contribution in [0.2, 0.25) is 15.1 Å². The SMILES string of the molecule is CCOc1cc(CNc2ccc(N3CCOCC3)c(Cl)c2)ccc1OCc1ccc(Cl)cc1Cl. The molecule has 3 aromatic carbocycles. The number of anilines is 2. The highest BCUT2D eigenvalue weighted by Crippen LogP contribution is 2.32. The highest BCUT2D eigenvalue weighted by molar-refractivity contribution is 6.35. The Kier molecular flexibility index (Phi) is 8.68. The average Bonchev–Trinajstić information content (AvgIpc) is 2.84. The first-order valence-electron chi connectivity index (χ1n) is 11.2. The van der Waals surface area contributed by atoms with Crippen molar-refractivity contribution >= 4 is 46.2 Å². The lowest BCUT2D eigenvalue weighted by molar-refractivity contribution is 0.122. The quantitative estimate of drug-likeness (QED) is 0.326. The van der Waals surface area contributed by atoms with Crippen LogP contribution >= 0.6 is 34.8 Å². The van der Waals surface area contributed by atoms with E-state index in [2.05, 4.69) is 16.3 Å². The minimum Gasteiger partial charge on any atom is -0.490 e. The summed E-state index contributed by atoms with van der Waals surface area (Å²) in [5.41, 5.74) is 3.92. The number of rotatable bonds is 9. The molecular weight excluding hydrogens is 495 g/mol. The van der Waals surface area contributed by atoms with E-state index in [0.717, 1.165) is 53.8 Å². The van der Waals surface area contributed by atoms with Gasteiger partial charge in [-0.25, -0.2) is 0 Å². The summed E-state index contributed by atoms with van der Waals surface area (Å²) in [7, 11) is 0. The Morgan fingerprint density at radius 3 is 2.44 bits per heavy atom. The predicted octanol–water partition coefficient (Wildman–Crippen LogP) is 7.07. The second kappa shape index (κ2) is 11.9. The molecule has 1 aliphatic heterocycles. The molecule has 0 unspecified atom stereocenters. The van der Waals surface area contributed by atoms with Crippen LogP contribution in [-0.4, -0.2) is 32.9 Å². The molecule has 1 saturated heterocycles. The molecule has 0 saturated carbocycles. The van der Waals surface area contributed by atoms with Crippen LogP contribution in [0, 0.1) is 0 Å². The van der Waals surface area contributed by atoms with Crippen molar-refractivity contribution in [2.24, 2.45) is 0 Å². The molecule has 1 N–H and O–H groups in total. The molecule has 0 radical (unpaired) electrons. The molecule has 0 amide bonds. The van der Waals surface area contributed by atoms with Gasteiger partial charge in [0.1, 0.15) is 6.61 Å². The fraction of sp³-hybridized carbons (Fsp3) is 0.308.